The minimum absolute atomic E-state index is 0.0262. The molecule has 0 saturated heterocycles. The van der Waals surface area contributed by atoms with Crippen LogP contribution in [0, 0.1) is 5.82 Å². The van der Waals surface area contributed by atoms with Crippen molar-refractivity contribution in [1.82, 2.24) is 9.97 Å². The molecule has 3 rings (SSSR count). The number of carbonyl (C=O) groups excluding carboxylic acids is 1. The first-order valence-corrected chi connectivity index (χ1v) is 6.33. The Labute approximate surface area is 123 Å². The van der Waals surface area contributed by atoms with Gasteiger partial charge in [0.05, 0.1) is 16.0 Å². The molecular formula is C14H9ClFN3O2. The van der Waals surface area contributed by atoms with E-state index in [2.05, 4.69) is 9.97 Å². The van der Waals surface area contributed by atoms with Crippen LogP contribution in [0.5, 0.6) is 11.5 Å². The molecule has 3 aromatic rings. The first-order chi connectivity index (χ1) is 10.1. The lowest BCUT2D eigenvalue weighted by molar-refractivity contribution is 0.1000. The normalized spacial score (nSPS) is 10.8. The number of halogens is 2. The predicted molar refractivity (Wildman–Crippen MR) is 76.1 cm³/mol. The molecular weight excluding hydrogens is 297 g/mol. The summed E-state index contributed by atoms with van der Waals surface area (Å²) in [5.74, 6) is -1.21. The average Bonchev–Trinajstić information content (AvgIpc) is 2.91. The van der Waals surface area contributed by atoms with Crippen molar-refractivity contribution in [2.24, 2.45) is 5.73 Å². The molecule has 0 bridgehead atoms. The van der Waals surface area contributed by atoms with Gasteiger partial charge in [0.25, 0.3) is 0 Å². The summed E-state index contributed by atoms with van der Waals surface area (Å²) < 4.78 is 19.5. The maximum Gasteiger partial charge on any atom is 0.250 e. The highest BCUT2D eigenvalue weighted by Gasteiger charge is 2.15. The molecule has 7 heteroatoms. The van der Waals surface area contributed by atoms with Crippen molar-refractivity contribution in [2.45, 2.75) is 0 Å². The smallest absolute Gasteiger partial charge is 0.250 e. The molecule has 2 heterocycles. The second-order valence-corrected chi connectivity index (χ2v) is 4.69. The van der Waals surface area contributed by atoms with Crippen molar-refractivity contribution < 1.29 is 13.9 Å². The van der Waals surface area contributed by atoms with Crippen LogP contribution in [0.1, 0.15) is 10.4 Å². The van der Waals surface area contributed by atoms with Crippen LogP contribution in [-0.2, 0) is 0 Å². The van der Waals surface area contributed by atoms with Crippen molar-refractivity contribution in [3.8, 4) is 11.5 Å². The molecule has 0 aliphatic heterocycles. The Morgan fingerprint density at radius 2 is 2.14 bits per heavy atom. The van der Waals surface area contributed by atoms with Crippen LogP contribution in [0.4, 0.5) is 4.39 Å². The minimum Gasteiger partial charge on any atom is -0.453 e. The summed E-state index contributed by atoms with van der Waals surface area (Å²) in [6.07, 6.45) is 3.23. The van der Waals surface area contributed by atoms with Gasteiger partial charge >= 0.3 is 0 Å². The number of nitrogens with two attached hydrogens (primary N) is 1. The number of H-pyrrole nitrogens is 1. The van der Waals surface area contributed by atoms with Gasteiger partial charge in [0.2, 0.25) is 5.91 Å². The summed E-state index contributed by atoms with van der Waals surface area (Å²) in [6, 6.07) is 5.53. The number of amides is 1. The topological polar surface area (TPSA) is 81.0 Å². The maximum absolute atomic E-state index is 14.0. The third-order valence-electron chi connectivity index (χ3n) is 2.93. The van der Waals surface area contributed by atoms with E-state index in [1.165, 1.54) is 12.3 Å². The fraction of sp³-hybridized carbons (Fsp3) is 0. The highest BCUT2D eigenvalue weighted by molar-refractivity contribution is 6.33. The summed E-state index contributed by atoms with van der Waals surface area (Å²) >= 11 is 5.89. The van der Waals surface area contributed by atoms with Gasteiger partial charge in [-0.3, -0.25) is 4.79 Å². The first-order valence-electron chi connectivity index (χ1n) is 5.95. The second kappa shape index (κ2) is 5.06. The van der Waals surface area contributed by atoms with Crippen molar-refractivity contribution in [2.75, 3.05) is 0 Å². The molecule has 5 nitrogen and oxygen atoms in total. The third kappa shape index (κ3) is 2.41. The lowest BCUT2D eigenvalue weighted by atomic mass is 10.2. The molecule has 1 amide bonds. The van der Waals surface area contributed by atoms with E-state index in [0.29, 0.717) is 16.8 Å². The summed E-state index contributed by atoms with van der Waals surface area (Å²) in [7, 11) is 0. The summed E-state index contributed by atoms with van der Waals surface area (Å²) in [5.41, 5.74) is 5.63. The molecule has 1 aromatic carbocycles. The maximum atomic E-state index is 14.0. The monoisotopic (exact) mass is 305 g/mol. The Kier molecular flexibility index (Phi) is 3.23. The van der Waals surface area contributed by atoms with E-state index in [9.17, 15) is 9.18 Å². The van der Waals surface area contributed by atoms with Gasteiger partial charge in [-0.15, -0.1) is 0 Å². The number of carbonyl (C=O) groups is 1. The van der Waals surface area contributed by atoms with Crippen LogP contribution in [0.3, 0.4) is 0 Å². The molecule has 21 heavy (non-hydrogen) atoms. The number of hydrogen-bond acceptors (Lipinski definition) is 3. The number of rotatable bonds is 3. The fourth-order valence-electron chi connectivity index (χ4n) is 1.94. The van der Waals surface area contributed by atoms with Crippen LogP contribution < -0.4 is 10.5 Å². The Morgan fingerprint density at radius 3 is 2.90 bits per heavy atom. The van der Waals surface area contributed by atoms with E-state index >= 15 is 0 Å². The molecule has 2 aromatic heterocycles. The fourth-order valence-corrected chi connectivity index (χ4v) is 2.19. The molecule has 0 aliphatic carbocycles. The quantitative estimate of drug-likeness (QED) is 0.779. The van der Waals surface area contributed by atoms with Gasteiger partial charge in [-0.25, -0.2) is 9.37 Å². The van der Waals surface area contributed by atoms with Crippen molar-refractivity contribution in [1.29, 1.82) is 0 Å². The van der Waals surface area contributed by atoms with Crippen LogP contribution in [-0.4, -0.2) is 15.9 Å². The van der Waals surface area contributed by atoms with Gasteiger partial charge < -0.3 is 15.5 Å². The number of primary amides is 1. The second-order valence-electron chi connectivity index (χ2n) is 4.28. The van der Waals surface area contributed by atoms with Crippen molar-refractivity contribution in [3.63, 3.8) is 0 Å². The number of nitrogens with zero attached hydrogens (tertiary/aromatic N) is 1. The molecule has 0 fully saturated rings. The van der Waals surface area contributed by atoms with E-state index in [-0.39, 0.29) is 16.3 Å². The van der Waals surface area contributed by atoms with E-state index < -0.39 is 11.7 Å². The molecule has 3 N–H and O–H groups in total. The average molecular weight is 306 g/mol. The van der Waals surface area contributed by atoms with Gasteiger partial charge in [-0.05, 0) is 18.2 Å². The van der Waals surface area contributed by atoms with Crippen LogP contribution in [0.2, 0.25) is 5.02 Å². The lowest BCUT2D eigenvalue weighted by Gasteiger charge is -2.09. The minimum atomic E-state index is -0.803. The Hall–Kier alpha value is -2.60. The van der Waals surface area contributed by atoms with Gasteiger partial charge in [0.15, 0.2) is 11.6 Å². The molecule has 0 radical (unpaired) electrons. The van der Waals surface area contributed by atoms with Gasteiger partial charge in [0, 0.05) is 18.5 Å². The summed E-state index contributed by atoms with van der Waals surface area (Å²) in [5, 5.41) is 0.727. The summed E-state index contributed by atoms with van der Waals surface area (Å²) in [4.78, 5) is 18.1. The van der Waals surface area contributed by atoms with Crippen LogP contribution in [0.25, 0.3) is 11.0 Å². The zero-order chi connectivity index (χ0) is 15.0. The van der Waals surface area contributed by atoms with Crippen molar-refractivity contribution >= 4 is 28.5 Å². The number of nitrogens with one attached hydrogen (secondary N) is 1. The predicted octanol–water partition coefficient (Wildman–Crippen LogP) is 3.25. The number of aromatic amines is 1. The number of ether oxygens (including phenoxy) is 1. The zero-order valence-electron chi connectivity index (χ0n) is 10.6. The highest BCUT2D eigenvalue weighted by Crippen LogP contribution is 2.32. The number of aromatic nitrogens is 2. The Bertz CT molecular complexity index is 847. The van der Waals surface area contributed by atoms with Gasteiger partial charge in [0.1, 0.15) is 11.4 Å². The van der Waals surface area contributed by atoms with E-state index in [0.717, 1.165) is 6.07 Å². The van der Waals surface area contributed by atoms with Gasteiger partial charge in [-0.1, -0.05) is 11.6 Å². The van der Waals surface area contributed by atoms with E-state index in [1.54, 1.807) is 18.3 Å². The molecule has 0 atom stereocenters. The third-order valence-corrected chi connectivity index (χ3v) is 3.24. The lowest BCUT2D eigenvalue weighted by Crippen LogP contribution is -2.12. The number of benzene rings is 1. The van der Waals surface area contributed by atoms with Crippen LogP contribution in [0.15, 0.2) is 36.7 Å². The molecule has 106 valence electrons. The molecule has 0 unspecified atom stereocenters. The molecule has 0 aliphatic rings. The zero-order valence-corrected chi connectivity index (χ0v) is 11.3. The first kappa shape index (κ1) is 13.4. The molecule has 0 spiro atoms. The SMILES string of the molecule is NC(=O)c1cc(F)c(Oc2ccnc3[nH]ccc23)cc1Cl. The largest absolute Gasteiger partial charge is 0.453 e. The number of fused-ring (bicyclic) bond motifs is 1. The van der Waals surface area contributed by atoms with E-state index in [1.807, 2.05) is 0 Å². The van der Waals surface area contributed by atoms with Crippen molar-refractivity contribution in [3.05, 3.63) is 53.1 Å². The van der Waals surface area contributed by atoms with Crippen LogP contribution >= 0.6 is 11.6 Å². The number of pyridine rings is 1. The Morgan fingerprint density at radius 1 is 1.33 bits per heavy atom. The van der Waals surface area contributed by atoms with E-state index in [4.69, 9.17) is 22.1 Å². The van der Waals surface area contributed by atoms with Gasteiger partial charge in [-0.2, -0.15) is 0 Å². The standard InChI is InChI=1S/C14H9ClFN3O2/c15-9-6-12(10(16)5-8(9)13(17)20)21-11-2-4-19-14-7(11)1-3-18-14/h1-6H,(H2,17,20)(H,18,19). The number of hydrogen-bond donors (Lipinski definition) is 2. The highest BCUT2D eigenvalue weighted by atomic mass is 35.5. The molecule has 0 saturated carbocycles. The summed E-state index contributed by atoms with van der Waals surface area (Å²) in [6.45, 7) is 0. The Balaban J connectivity index is 2.04.